The number of carbonyl (C=O) groups is 3. The Morgan fingerprint density at radius 3 is 2.43 bits per heavy atom. The summed E-state index contributed by atoms with van der Waals surface area (Å²) in [5.41, 5.74) is 0. The number of hydrogen-bond acceptors (Lipinski definition) is 3. The van der Waals surface area contributed by atoms with Crippen LogP contribution in [0.3, 0.4) is 0 Å². The molecule has 14 heavy (non-hydrogen) atoms. The standard InChI is InChI=1S/C8H15N3O3/c1-2-7(13)11-5-8(14)10-4-3-9-6-12/h6H,2-5H2,1H3,(H,9,12)(H,10,14)(H,11,13). The number of hydrogen-bond donors (Lipinski definition) is 3. The zero-order valence-corrected chi connectivity index (χ0v) is 8.13. The fourth-order valence-electron chi connectivity index (χ4n) is 0.699. The molecule has 0 aromatic heterocycles. The van der Waals surface area contributed by atoms with E-state index in [2.05, 4.69) is 16.0 Å². The summed E-state index contributed by atoms with van der Waals surface area (Å²) in [5.74, 6) is -0.425. The molecule has 0 bridgehead atoms. The van der Waals surface area contributed by atoms with Crippen molar-refractivity contribution in [1.82, 2.24) is 16.0 Å². The summed E-state index contributed by atoms with van der Waals surface area (Å²) < 4.78 is 0. The lowest BCUT2D eigenvalue weighted by atomic mass is 10.4. The molecule has 6 heteroatoms. The first-order chi connectivity index (χ1) is 6.70. The minimum absolute atomic E-state index is 0.0201. The first kappa shape index (κ1) is 12.4. The van der Waals surface area contributed by atoms with Gasteiger partial charge in [0.25, 0.3) is 0 Å². The zero-order valence-electron chi connectivity index (χ0n) is 8.13. The second-order valence-corrected chi connectivity index (χ2v) is 2.55. The predicted octanol–water partition coefficient (Wildman–Crippen LogP) is -1.63. The smallest absolute Gasteiger partial charge is 0.239 e. The largest absolute Gasteiger partial charge is 0.357 e. The van der Waals surface area contributed by atoms with Gasteiger partial charge in [-0.3, -0.25) is 14.4 Å². The predicted molar refractivity (Wildman–Crippen MR) is 50.4 cm³/mol. The van der Waals surface area contributed by atoms with E-state index in [4.69, 9.17) is 0 Å². The molecule has 0 spiro atoms. The summed E-state index contributed by atoms with van der Waals surface area (Å²) >= 11 is 0. The van der Waals surface area contributed by atoms with Crippen molar-refractivity contribution >= 4 is 18.2 Å². The lowest BCUT2D eigenvalue weighted by Crippen LogP contribution is -2.39. The minimum atomic E-state index is -0.264. The number of carbonyl (C=O) groups excluding carboxylic acids is 3. The van der Waals surface area contributed by atoms with Gasteiger partial charge in [0, 0.05) is 19.5 Å². The van der Waals surface area contributed by atoms with Gasteiger partial charge >= 0.3 is 0 Å². The van der Waals surface area contributed by atoms with E-state index in [1.807, 2.05) is 0 Å². The number of nitrogens with one attached hydrogen (secondary N) is 3. The number of rotatable bonds is 7. The van der Waals surface area contributed by atoms with Crippen LogP contribution in [0.5, 0.6) is 0 Å². The lowest BCUT2D eigenvalue weighted by Gasteiger charge is -2.05. The first-order valence-corrected chi connectivity index (χ1v) is 4.41. The van der Waals surface area contributed by atoms with Gasteiger partial charge in [0.2, 0.25) is 18.2 Å². The molecular formula is C8H15N3O3. The Morgan fingerprint density at radius 2 is 1.86 bits per heavy atom. The van der Waals surface area contributed by atoms with E-state index in [9.17, 15) is 14.4 Å². The molecule has 0 fully saturated rings. The van der Waals surface area contributed by atoms with Gasteiger partial charge in [0.15, 0.2) is 0 Å². The quantitative estimate of drug-likeness (QED) is 0.341. The van der Waals surface area contributed by atoms with Crippen molar-refractivity contribution in [2.45, 2.75) is 13.3 Å². The van der Waals surface area contributed by atoms with Crippen molar-refractivity contribution in [2.24, 2.45) is 0 Å². The highest BCUT2D eigenvalue weighted by molar-refractivity contribution is 5.84. The maximum absolute atomic E-state index is 11.0. The molecule has 0 rings (SSSR count). The van der Waals surface area contributed by atoms with Crippen molar-refractivity contribution in [1.29, 1.82) is 0 Å². The van der Waals surface area contributed by atoms with E-state index < -0.39 is 0 Å². The van der Waals surface area contributed by atoms with Crippen LogP contribution in [-0.4, -0.2) is 37.9 Å². The van der Waals surface area contributed by atoms with Crippen molar-refractivity contribution in [3.8, 4) is 0 Å². The van der Waals surface area contributed by atoms with Crippen molar-refractivity contribution in [3.63, 3.8) is 0 Å². The normalized spacial score (nSPS) is 8.93. The summed E-state index contributed by atoms with van der Waals surface area (Å²) in [4.78, 5) is 31.5. The molecule has 0 heterocycles. The summed E-state index contributed by atoms with van der Waals surface area (Å²) in [6.07, 6.45) is 0.922. The van der Waals surface area contributed by atoms with Crippen LogP contribution in [0.25, 0.3) is 0 Å². The molecule has 0 atom stereocenters. The zero-order chi connectivity index (χ0) is 10.8. The Kier molecular flexibility index (Phi) is 7.12. The average Bonchev–Trinajstić information content (AvgIpc) is 2.21. The lowest BCUT2D eigenvalue weighted by molar-refractivity contribution is -0.125. The fraction of sp³-hybridized carbons (Fsp3) is 0.625. The van der Waals surface area contributed by atoms with E-state index in [0.29, 0.717) is 25.9 Å². The summed E-state index contributed by atoms with van der Waals surface area (Å²) in [7, 11) is 0. The first-order valence-electron chi connectivity index (χ1n) is 4.41. The molecule has 0 aromatic carbocycles. The van der Waals surface area contributed by atoms with E-state index in [0.717, 1.165) is 0 Å². The van der Waals surface area contributed by atoms with Gasteiger partial charge < -0.3 is 16.0 Å². The second kappa shape index (κ2) is 8.03. The monoisotopic (exact) mass is 201 g/mol. The van der Waals surface area contributed by atoms with E-state index >= 15 is 0 Å². The topological polar surface area (TPSA) is 87.3 Å². The number of amides is 3. The third-order valence-corrected chi connectivity index (χ3v) is 1.44. The van der Waals surface area contributed by atoms with Crippen LogP contribution < -0.4 is 16.0 Å². The molecule has 6 nitrogen and oxygen atoms in total. The molecule has 0 radical (unpaired) electrons. The molecule has 0 aliphatic carbocycles. The van der Waals surface area contributed by atoms with Gasteiger partial charge in [0.1, 0.15) is 0 Å². The van der Waals surface area contributed by atoms with Gasteiger partial charge in [0.05, 0.1) is 6.54 Å². The van der Waals surface area contributed by atoms with E-state index in [1.54, 1.807) is 6.92 Å². The summed E-state index contributed by atoms with van der Waals surface area (Å²) in [6, 6.07) is 0. The molecular weight excluding hydrogens is 186 g/mol. The maximum atomic E-state index is 11.0. The molecule has 0 saturated heterocycles. The average molecular weight is 201 g/mol. The highest BCUT2D eigenvalue weighted by atomic mass is 16.2. The molecule has 0 aliphatic rings. The molecule has 0 unspecified atom stereocenters. The summed E-state index contributed by atoms with van der Waals surface area (Å²) in [5, 5.41) is 7.35. The third kappa shape index (κ3) is 7.08. The molecule has 80 valence electrons. The Bertz CT molecular complexity index is 206. The van der Waals surface area contributed by atoms with Crippen molar-refractivity contribution in [2.75, 3.05) is 19.6 Å². The van der Waals surface area contributed by atoms with Gasteiger partial charge in [-0.1, -0.05) is 6.92 Å². The van der Waals surface area contributed by atoms with Crippen LogP contribution in [0, 0.1) is 0 Å². The second-order valence-electron chi connectivity index (χ2n) is 2.55. The van der Waals surface area contributed by atoms with Crippen LogP contribution in [0.2, 0.25) is 0 Å². The van der Waals surface area contributed by atoms with Crippen LogP contribution in [0.1, 0.15) is 13.3 Å². The van der Waals surface area contributed by atoms with Crippen molar-refractivity contribution < 1.29 is 14.4 Å². The molecule has 3 amide bonds. The third-order valence-electron chi connectivity index (χ3n) is 1.44. The van der Waals surface area contributed by atoms with Gasteiger partial charge in [-0.2, -0.15) is 0 Å². The molecule has 0 aliphatic heterocycles. The van der Waals surface area contributed by atoms with Crippen LogP contribution in [-0.2, 0) is 14.4 Å². The van der Waals surface area contributed by atoms with E-state index in [1.165, 1.54) is 0 Å². The molecule has 0 saturated carbocycles. The Morgan fingerprint density at radius 1 is 1.14 bits per heavy atom. The Balaban J connectivity index is 3.36. The van der Waals surface area contributed by atoms with Crippen LogP contribution in [0.4, 0.5) is 0 Å². The summed E-state index contributed by atoms with van der Waals surface area (Å²) in [6.45, 7) is 2.44. The van der Waals surface area contributed by atoms with E-state index in [-0.39, 0.29) is 18.4 Å². The van der Waals surface area contributed by atoms with Gasteiger partial charge in [-0.25, -0.2) is 0 Å². The fourth-order valence-corrected chi connectivity index (χ4v) is 0.699. The Hall–Kier alpha value is -1.59. The molecule has 3 N–H and O–H groups in total. The Labute approximate surface area is 82.4 Å². The maximum Gasteiger partial charge on any atom is 0.239 e. The van der Waals surface area contributed by atoms with Gasteiger partial charge in [-0.15, -0.1) is 0 Å². The SMILES string of the molecule is CCC(=O)NCC(=O)NCCNC=O. The highest BCUT2D eigenvalue weighted by Gasteiger charge is 2.01. The minimum Gasteiger partial charge on any atom is -0.357 e. The molecule has 0 aromatic rings. The highest BCUT2D eigenvalue weighted by Crippen LogP contribution is 1.73. The van der Waals surface area contributed by atoms with Crippen LogP contribution >= 0.6 is 0 Å². The van der Waals surface area contributed by atoms with Crippen molar-refractivity contribution in [3.05, 3.63) is 0 Å². The van der Waals surface area contributed by atoms with Gasteiger partial charge in [-0.05, 0) is 0 Å². The van der Waals surface area contributed by atoms with Crippen LogP contribution in [0.15, 0.2) is 0 Å².